The van der Waals surface area contributed by atoms with Crippen LogP contribution >= 0.6 is 0 Å². The van der Waals surface area contributed by atoms with Crippen LogP contribution in [0.4, 0.5) is 4.79 Å². The smallest absolute Gasteiger partial charge is 0.407 e. The average molecular weight is 391 g/mol. The Hall–Kier alpha value is -2.38. The number of aliphatic hydroxyl groups excluding tert-OH is 2. The maximum absolute atomic E-state index is 11.9. The van der Waals surface area contributed by atoms with E-state index in [2.05, 4.69) is 5.32 Å². The first-order chi connectivity index (χ1) is 13.5. The lowest BCUT2D eigenvalue weighted by Gasteiger charge is -2.22. The number of alkyl carbamates (subject to hydrolysis) is 1. The van der Waals surface area contributed by atoms with Gasteiger partial charge in [0.1, 0.15) is 0 Å². The summed E-state index contributed by atoms with van der Waals surface area (Å²) < 4.78 is 5.26. The van der Waals surface area contributed by atoms with E-state index in [1.54, 1.807) is 0 Å². The monoisotopic (exact) mass is 391 g/mol. The van der Waals surface area contributed by atoms with Crippen LogP contribution in [-0.2, 0) is 16.1 Å². The maximum Gasteiger partial charge on any atom is 0.407 e. The summed E-state index contributed by atoms with van der Waals surface area (Å²) in [5.74, 6) is -1.35. The Balaban J connectivity index is 1.75. The number of allylic oxidation sites excluding steroid dienone is 2. The van der Waals surface area contributed by atoms with Crippen molar-refractivity contribution in [1.82, 2.24) is 5.32 Å². The van der Waals surface area contributed by atoms with E-state index < -0.39 is 24.3 Å². The first-order valence-electron chi connectivity index (χ1n) is 9.65. The number of rotatable bonds is 10. The minimum absolute atomic E-state index is 0.0381. The highest BCUT2D eigenvalue weighted by molar-refractivity contribution is 5.67. The lowest BCUT2D eigenvalue weighted by molar-refractivity contribution is -0.137. The predicted molar refractivity (Wildman–Crippen MR) is 103 cm³/mol. The van der Waals surface area contributed by atoms with Crippen molar-refractivity contribution < 1.29 is 29.6 Å². The summed E-state index contributed by atoms with van der Waals surface area (Å²) in [6.45, 7) is 0.397. The SMILES string of the molecule is O=C(O)CCC/C=C\C[C@@H]1[C@@H](COC(=O)NCc2ccccc2)[C@H](O)C[C@H]1O. The zero-order valence-corrected chi connectivity index (χ0v) is 15.9. The summed E-state index contributed by atoms with van der Waals surface area (Å²) >= 11 is 0. The van der Waals surface area contributed by atoms with Crippen LogP contribution in [0.1, 0.15) is 37.7 Å². The normalized spacial score (nSPS) is 24.4. The van der Waals surface area contributed by atoms with Gasteiger partial charge >= 0.3 is 12.1 Å². The van der Waals surface area contributed by atoms with E-state index in [-0.39, 0.29) is 31.3 Å². The number of nitrogens with one attached hydrogen (secondary N) is 1. The lowest BCUT2D eigenvalue weighted by atomic mass is 9.91. The van der Waals surface area contributed by atoms with E-state index in [1.165, 1.54) is 0 Å². The molecule has 0 heterocycles. The van der Waals surface area contributed by atoms with Crippen LogP contribution < -0.4 is 5.32 Å². The summed E-state index contributed by atoms with van der Waals surface area (Å²) in [4.78, 5) is 22.4. The number of carboxylic acids is 1. The van der Waals surface area contributed by atoms with Crippen LogP contribution in [0.15, 0.2) is 42.5 Å². The van der Waals surface area contributed by atoms with Gasteiger partial charge in [0, 0.05) is 18.9 Å². The van der Waals surface area contributed by atoms with Gasteiger partial charge < -0.3 is 25.4 Å². The highest BCUT2D eigenvalue weighted by Crippen LogP contribution is 2.35. The van der Waals surface area contributed by atoms with E-state index in [4.69, 9.17) is 9.84 Å². The molecule has 0 aromatic heterocycles. The molecule has 1 saturated carbocycles. The summed E-state index contributed by atoms with van der Waals surface area (Å²) in [6.07, 6.45) is 4.02. The largest absolute Gasteiger partial charge is 0.481 e. The molecule has 4 N–H and O–H groups in total. The third-order valence-corrected chi connectivity index (χ3v) is 5.04. The van der Waals surface area contributed by atoms with Crippen LogP contribution in [0.5, 0.6) is 0 Å². The van der Waals surface area contributed by atoms with Crippen molar-refractivity contribution in [2.24, 2.45) is 11.8 Å². The molecule has 0 saturated heterocycles. The second-order valence-corrected chi connectivity index (χ2v) is 7.13. The highest BCUT2D eigenvalue weighted by Gasteiger charge is 2.41. The molecule has 2 rings (SSSR count). The molecule has 7 heteroatoms. The fourth-order valence-electron chi connectivity index (χ4n) is 3.47. The topological polar surface area (TPSA) is 116 Å². The summed E-state index contributed by atoms with van der Waals surface area (Å²) in [5, 5.41) is 31.7. The van der Waals surface area contributed by atoms with Crippen molar-refractivity contribution in [2.45, 2.75) is 50.9 Å². The van der Waals surface area contributed by atoms with Crippen molar-refractivity contribution >= 4 is 12.1 Å². The molecule has 1 aromatic carbocycles. The molecule has 1 fully saturated rings. The van der Waals surface area contributed by atoms with Gasteiger partial charge in [-0.05, 0) is 37.2 Å². The number of carbonyl (C=O) groups is 2. The third kappa shape index (κ3) is 7.32. The first kappa shape index (κ1) is 21.9. The molecular weight excluding hydrogens is 362 g/mol. The molecule has 4 atom stereocenters. The number of hydrogen-bond acceptors (Lipinski definition) is 5. The van der Waals surface area contributed by atoms with Gasteiger partial charge in [-0.2, -0.15) is 0 Å². The van der Waals surface area contributed by atoms with Gasteiger partial charge in [-0.3, -0.25) is 4.79 Å². The van der Waals surface area contributed by atoms with E-state index >= 15 is 0 Å². The molecule has 7 nitrogen and oxygen atoms in total. The summed E-state index contributed by atoms with van der Waals surface area (Å²) in [6, 6.07) is 9.47. The van der Waals surface area contributed by atoms with E-state index in [0.717, 1.165) is 5.56 Å². The summed E-state index contributed by atoms with van der Waals surface area (Å²) in [7, 11) is 0. The van der Waals surface area contributed by atoms with Crippen LogP contribution in [0, 0.1) is 11.8 Å². The number of carbonyl (C=O) groups excluding carboxylic acids is 1. The number of unbranched alkanes of at least 4 members (excludes halogenated alkanes) is 1. The maximum atomic E-state index is 11.9. The Morgan fingerprint density at radius 1 is 1.11 bits per heavy atom. The Bertz CT molecular complexity index is 648. The van der Waals surface area contributed by atoms with Crippen LogP contribution in [-0.4, -0.2) is 46.2 Å². The zero-order chi connectivity index (χ0) is 20.4. The van der Waals surface area contributed by atoms with Crippen LogP contribution in [0.3, 0.4) is 0 Å². The van der Waals surface area contributed by atoms with E-state index in [0.29, 0.717) is 25.8 Å². The molecule has 0 unspecified atom stereocenters. The minimum atomic E-state index is -0.814. The Labute approximate surface area is 165 Å². The molecule has 1 aromatic rings. The van der Waals surface area contributed by atoms with Gasteiger partial charge in [-0.15, -0.1) is 0 Å². The van der Waals surface area contributed by atoms with Gasteiger partial charge in [-0.25, -0.2) is 4.79 Å². The number of carboxylic acid groups (broad SMARTS) is 1. The minimum Gasteiger partial charge on any atom is -0.481 e. The summed E-state index contributed by atoms with van der Waals surface area (Å²) in [5.41, 5.74) is 0.960. The van der Waals surface area contributed by atoms with Gasteiger partial charge in [-0.1, -0.05) is 42.5 Å². The molecule has 0 aliphatic heterocycles. The molecule has 1 amide bonds. The van der Waals surface area contributed by atoms with Gasteiger partial charge in [0.05, 0.1) is 18.8 Å². The Morgan fingerprint density at radius 3 is 2.54 bits per heavy atom. The van der Waals surface area contributed by atoms with Gasteiger partial charge in [0.2, 0.25) is 0 Å². The fraction of sp³-hybridized carbons (Fsp3) is 0.524. The second kappa shape index (κ2) is 11.5. The lowest BCUT2D eigenvalue weighted by Crippen LogP contribution is -2.31. The number of aliphatic hydroxyl groups is 2. The standard InChI is InChI=1S/C21H29NO6/c23-18-12-19(24)17(16(18)10-6-1-2-7-11-20(25)26)14-28-21(27)22-13-15-8-4-3-5-9-15/h1,3-6,8-9,16-19,23-24H,2,7,10-14H2,(H,22,27)(H,25,26)/b6-1-/t16-,17-,18-,19-/m1/s1. The Morgan fingerprint density at radius 2 is 1.82 bits per heavy atom. The second-order valence-electron chi connectivity index (χ2n) is 7.13. The third-order valence-electron chi connectivity index (χ3n) is 5.04. The first-order valence-corrected chi connectivity index (χ1v) is 9.65. The van der Waals surface area contributed by atoms with Crippen LogP contribution in [0.25, 0.3) is 0 Å². The number of ether oxygens (including phenoxy) is 1. The number of hydrogen-bond donors (Lipinski definition) is 4. The molecular formula is C21H29NO6. The van der Waals surface area contributed by atoms with Gasteiger partial charge in [0.25, 0.3) is 0 Å². The van der Waals surface area contributed by atoms with E-state index in [1.807, 2.05) is 42.5 Å². The van der Waals surface area contributed by atoms with Crippen molar-refractivity contribution in [3.05, 3.63) is 48.0 Å². The fourth-order valence-corrected chi connectivity index (χ4v) is 3.47. The van der Waals surface area contributed by atoms with Crippen molar-refractivity contribution in [3.8, 4) is 0 Å². The molecule has 0 radical (unpaired) electrons. The van der Waals surface area contributed by atoms with E-state index in [9.17, 15) is 19.8 Å². The molecule has 154 valence electrons. The molecule has 1 aliphatic rings. The molecule has 0 spiro atoms. The number of amides is 1. The quantitative estimate of drug-likeness (QED) is 0.360. The number of aliphatic carboxylic acids is 1. The molecule has 28 heavy (non-hydrogen) atoms. The van der Waals surface area contributed by atoms with Gasteiger partial charge in [0.15, 0.2) is 0 Å². The Kier molecular flexibility index (Phi) is 8.97. The van der Waals surface area contributed by atoms with Crippen molar-refractivity contribution in [2.75, 3.05) is 6.61 Å². The predicted octanol–water partition coefficient (Wildman–Crippen LogP) is 2.47. The van der Waals surface area contributed by atoms with Crippen molar-refractivity contribution in [3.63, 3.8) is 0 Å². The number of benzene rings is 1. The van der Waals surface area contributed by atoms with Crippen molar-refractivity contribution in [1.29, 1.82) is 0 Å². The highest BCUT2D eigenvalue weighted by atomic mass is 16.5. The zero-order valence-electron chi connectivity index (χ0n) is 15.9. The average Bonchev–Trinajstić information content (AvgIpc) is 2.94. The van der Waals surface area contributed by atoms with Crippen LogP contribution in [0.2, 0.25) is 0 Å². The molecule has 0 bridgehead atoms. The molecule has 1 aliphatic carbocycles.